The molecule has 0 amide bonds. The number of rotatable bonds is 12. The van der Waals surface area contributed by atoms with Crippen LogP contribution in [0.15, 0.2) is 48.6 Å². The van der Waals surface area contributed by atoms with Gasteiger partial charge >= 0.3 is 5.97 Å². The fourth-order valence-corrected chi connectivity index (χ4v) is 3.18. The number of carboxylic acids is 1. The van der Waals surface area contributed by atoms with Crippen molar-refractivity contribution in [1.82, 2.24) is 0 Å². The summed E-state index contributed by atoms with van der Waals surface area (Å²) in [6.07, 6.45) is 17.7. The lowest BCUT2D eigenvalue weighted by Gasteiger charge is -2.16. The minimum Gasteiger partial charge on any atom is -0.481 e. The number of hydrogen-bond acceptors (Lipinski definition) is 4. The Labute approximate surface area is 161 Å². The zero-order valence-electron chi connectivity index (χ0n) is 16.0. The zero-order valence-corrected chi connectivity index (χ0v) is 16.0. The summed E-state index contributed by atoms with van der Waals surface area (Å²) >= 11 is 0. The lowest BCUT2D eigenvalue weighted by molar-refractivity contribution is -0.136. The standard InChI is InChI=1S/C22H32O5/c1-2-18-19(21(25)16-20(18)24)15-14-17(23)12-10-8-6-4-3-5-7-9-11-13-22(26)27/h3-4,7-10,14-15,17-20,23-24H,2,5-6,11-13,16H2,1H3,(H,26,27)/b4-3-,9-7-,10-8-,15-14+/t17-,18+,19+,20-/m1/s1. The first-order chi connectivity index (χ1) is 13.0. The van der Waals surface area contributed by atoms with E-state index in [1.165, 1.54) is 0 Å². The summed E-state index contributed by atoms with van der Waals surface area (Å²) in [7, 11) is 0. The van der Waals surface area contributed by atoms with Crippen LogP contribution in [0.2, 0.25) is 0 Å². The highest BCUT2D eigenvalue weighted by atomic mass is 16.4. The Hall–Kier alpha value is -1.98. The van der Waals surface area contributed by atoms with Crippen LogP contribution in [0.5, 0.6) is 0 Å². The molecule has 0 aromatic carbocycles. The van der Waals surface area contributed by atoms with Gasteiger partial charge in [0.05, 0.1) is 12.2 Å². The Morgan fingerprint density at radius 1 is 1.15 bits per heavy atom. The highest BCUT2D eigenvalue weighted by molar-refractivity contribution is 5.85. The molecule has 4 atom stereocenters. The molecule has 1 fully saturated rings. The van der Waals surface area contributed by atoms with Gasteiger partial charge < -0.3 is 15.3 Å². The van der Waals surface area contributed by atoms with E-state index in [4.69, 9.17) is 5.11 Å². The van der Waals surface area contributed by atoms with Crippen molar-refractivity contribution in [3.63, 3.8) is 0 Å². The maximum absolute atomic E-state index is 11.9. The van der Waals surface area contributed by atoms with Gasteiger partial charge in [0.2, 0.25) is 0 Å². The topological polar surface area (TPSA) is 94.8 Å². The molecule has 1 aliphatic rings. The molecule has 27 heavy (non-hydrogen) atoms. The third kappa shape index (κ3) is 9.50. The SMILES string of the molecule is CC[C@@H]1[C@H](O)CC(=O)[C@H]1/C=C/[C@H](O)C/C=C\C/C=C\C/C=C\CCC(=O)O. The van der Waals surface area contributed by atoms with Gasteiger partial charge in [0, 0.05) is 18.8 Å². The summed E-state index contributed by atoms with van der Waals surface area (Å²) in [6, 6.07) is 0. The monoisotopic (exact) mass is 376 g/mol. The lowest BCUT2D eigenvalue weighted by Crippen LogP contribution is -2.18. The second kappa shape index (κ2) is 13.2. The van der Waals surface area contributed by atoms with Gasteiger partial charge in [0.1, 0.15) is 5.78 Å². The quantitative estimate of drug-likeness (QED) is 0.453. The maximum Gasteiger partial charge on any atom is 0.303 e. The molecule has 3 N–H and O–H groups in total. The van der Waals surface area contributed by atoms with Gasteiger partial charge in [0.15, 0.2) is 0 Å². The van der Waals surface area contributed by atoms with Crippen molar-refractivity contribution in [3.8, 4) is 0 Å². The second-order valence-corrected chi connectivity index (χ2v) is 6.84. The van der Waals surface area contributed by atoms with E-state index >= 15 is 0 Å². The number of Topliss-reactive ketones (excluding diaryl/α,β-unsaturated/α-hetero) is 1. The summed E-state index contributed by atoms with van der Waals surface area (Å²) in [6.45, 7) is 1.96. The summed E-state index contributed by atoms with van der Waals surface area (Å²) in [4.78, 5) is 22.2. The Bertz CT molecular complexity index is 573. The van der Waals surface area contributed by atoms with Crippen molar-refractivity contribution in [1.29, 1.82) is 0 Å². The number of allylic oxidation sites excluding steroid dienone is 6. The lowest BCUT2D eigenvalue weighted by atomic mass is 9.91. The minimum atomic E-state index is -0.782. The number of carboxylic acid groups (broad SMARTS) is 1. The number of carbonyl (C=O) groups is 2. The Morgan fingerprint density at radius 2 is 1.78 bits per heavy atom. The number of ketones is 1. The Kier molecular flexibility index (Phi) is 11.3. The maximum atomic E-state index is 11.9. The number of hydrogen-bond donors (Lipinski definition) is 3. The van der Waals surface area contributed by atoms with Crippen LogP contribution in [-0.2, 0) is 9.59 Å². The molecular formula is C22H32O5. The second-order valence-electron chi connectivity index (χ2n) is 6.84. The molecule has 1 rings (SSSR count). The molecule has 150 valence electrons. The summed E-state index contributed by atoms with van der Waals surface area (Å²) in [5.74, 6) is -1.06. The Balaban J connectivity index is 2.22. The molecule has 0 saturated heterocycles. The fraction of sp³-hybridized carbons (Fsp3) is 0.545. The Morgan fingerprint density at radius 3 is 2.41 bits per heavy atom. The number of aliphatic hydroxyl groups is 2. The molecule has 1 aliphatic carbocycles. The molecule has 0 spiro atoms. The van der Waals surface area contributed by atoms with E-state index < -0.39 is 18.2 Å². The van der Waals surface area contributed by atoms with Gasteiger partial charge in [-0.05, 0) is 38.0 Å². The average molecular weight is 376 g/mol. The predicted molar refractivity (Wildman–Crippen MR) is 106 cm³/mol. The molecule has 5 nitrogen and oxygen atoms in total. The van der Waals surface area contributed by atoms with Crippen molar-refractivity contribution in [2.24, 2.45) is 11.8 Å². The van der Waals surface area contributed by atoms with Crippen molar-refractivity contribution in [2.45, 2.75) is 64.1 Å². The smallest absolute Gasteiger partial charge is 0.303 e. The fourth-order valence-electron chi connectivity index (χ4n) is 3.18. The van der Waals surface area contributed by atoms with Crippen LogP contribution in [-0.4, -0.2) is 39.3 Å². The van der Waals surface area contributed by atoms with Crippen molar-refractivity contribution in [3.05, 3.63) is 48.6 Å². The number of aliphatic hydroxyl groups excluding tert-OH is 2. The molecule has 0 radical (unpaired) electrons. The van der Waals surface area contributed by atoms with Crippen LogP contribution < -0.4 is 0 Å². The largest absolute Gasteiger partial charge is 0.481 e. The molecule has 0 unspecified atom stereocenters. The summed E-state index contributed by atoms with van der Waals surface area (Å²) in [5.41, 5.74) is 0. The van der Waals surface area contributed by atoms with E-state index in [1.807, 2.05) is 43.4 Å². The highest BCUT2D eigenvalue weighted by Crippen LogP contribution is 2.32. The van der Waals surface area contributed by atoms with Crippen LogP contribution in [0, 0.1) is 11.8 Å². The summed E-state index contributed by atoms with van der Waals surface area (Å²) in [5, 5.41) is 28.4. The average Bonchev–Trinajstić information content (AvgIpc) is 2.90. The third-order valence-electron chi connectivity index (χ3n) is 4.70. The first kappa shape index (κ1) is 23.1. The third-order valence-corrected chi connectivity index (χ3v) is 4.70. The number of aliphatic carboxylic acids is 1. The zero-order chi connectivity index (χ0) is 20.1. The normalized spacial score (nSPS) is 24.9. The van der Waals surface area contributed by atoms with Gasteiger partial charge in [-0.2, -0.15) is 0 Å². The van der Waals surface area contributed by atoms with E-state index in [9.17, 15) is 19.8 Å². The first-order valence-corrected chi connectivity index (χ1v) is 9.69. The van der Waals surface area contributed by atoms with E-state index in [-0.39, 0.29) is 30.5 Å². The van der Waals surface area contributed by atoms with Crippen LogP contribution >= 0.6 is 0 Å². The van der Waals surface area contributed by atoms with Gasteiger partial charge in [-0.1, -0.05) is 55.5 Å². The molecule has 0 aromatic heterocycles. The molecule has 0 bridgehead atoms. The molecule has 0 heterocycles. The van der Waals surface area contributed by atoms with Gasteiger partial charge in [-0.3, -0.25) is 9.59 Å². The van der Waals surface area contributed by atoms with E-state index in [2.05, 4.69) is 0 Å². The predicted octanol–water partition coefficient (Wildman–Crippen LogP) is 3.58. The molecular weight excluding hydrogens is 344 g/mol. The summed E-state index contributed by atoms with van der Waals surface area (Å²) < 4.78 is 0. The van der Waals surface area contributed by atoms with Crippen LogP contribution in [0.3, 0.4) is 0 Å². The van der Waals surface area contributed by atoms with Crippen molar-refractivity contribution < 1.29 is 24.9 Å². The first-order valence-electron chi connectivity index (χ1n) is 9.69. The number of carbonyl (C=O) groups excluding carboxylic acids is 1. The van der Waals surface area contributed by atoms with E-state index in [0.717, 1.165) is 19.3 Å². The van der Waals surface area contributed by atoms with Gasteiger partial charge in [-0.15, -0.1) is 0 Å². The van der Waals surface area contributed by atoms with Crippen molar-refractivity contribution >= 4 is 11.8 Å². The van der Waals surface area contributed by atoms with Crippen LogP contribution in [0.1, 0.15) is 51.9 Å². The van der Waals surface area contributed by atoms with Gasteiger partial charge in [-0.25, -0.2) is 0 Å². The molecule has 0 aliphatic heterocycles. The molecule has 5 heteroatoms. The van der Waals surface area contributed by atoms with Crippen LogP contribution in [0.25, 0.3) is 0 Å². The highest BCUT2D eigenvalue weighted by Gasteiger charge is 2.38. The molecule has 0 aromatic rings. The minimum absolute atomic E-state index is 0.0418. The van der Waals surface area contributed by atoms with Gasteiger partial charge in [0.25, 0.3) is 0 Å². The van der Waals surface area contributed by atoms with E-state index in [0.29, 0.717) is 12.8 Å². The van der Waals surface area contributed by atoms with Crippen LogP contribution in [0.4, 0.5) is 0 Å². The van der Waals surface area contributed by atoms with E-state index in [1.54, 1.807) is 12.2 Å². The van der Waals surface area contributed by atoms with Crippen molar-refractivity contribution in [2.75, 3.05) is 0 Å². The molecule has 1 saturated carbocycles.